The number of rotatable bonds is 7. The fraction of sp³-hybridized carbons (Fsp3) is 1.00. The molecule has 0 radical (unpaired) electrons. The normalized spacial score (nSPS) is 20.1. The van der Waals surface area contributed by atoms with Gasteiger partial charge in [0, 0.05) is 40.1 Å². The number of nitrogens with zero attached hydrogens (tertiary/aromatic N) is 1. The third kappa shape index (κ3) is 3.76. The van der Waals surface area contributed by atoms with E-state index in [-0.39, 0.29) is 0 Å². The fourth-order valence-corrected chi connectivity index (χ4v) is 5.19. The van der Waals surface area contributed by atoms with Gasteiger partial charge < -0.3 is 17.8 Å². The summed E-state index contributed by atoms with van der Waals surface area (Å²) in [4.78, 5) is 0. The Balaban J connectivity index is 2.77. The van der Waals surface area contributed by atoms with E-state index in [4.69, 9.17) is 13.3 Å². The molecule has 1 aliphatic heterocycles. The van der Waals surface area contributed by atoms with Crippen LogP contribution < -0.4 is 0 Å². The van der Waals surface area contributed by atoms with Gasteiger partial charge in [-0.15, -0.1) is 0 Å². The first-order chi connectivity index (χ1) is 8.01. The quantitative estimate of drug-likeness (QED) is 0.516. The highest BCUT2D eigenvalue weighted by molar-refractivity contribution is 6.60. The summed E-state index contributed by atoms with van der Waals surface area (Å²) in [5, 5.41) is 0. The van der Waals surface area contributed by atoms with Crippen LogP contribution in [0.25, 0.3) is 0 Å². The molecule has 0 spiro atoms. The van der Waals surface area contributed by atoms with E-state index in [9.17, 15) is 0 Å². The van der Waals surface area contributed by atoms with Crippen LogP contribution in [0.5, 0.6) is 0 Å². The smallest absolute Gasteiger partial charge is 0.374 e. The largest absolute Gasteiger partial charge is 0.558 e. The second-order valence-electron chi connectivity index (χ2n) is 5.53. The highest BCUT2D eigenvalue weighted by Gasteiger charge is 2.49. The molecule has 1 aliphatic rings. The summed E-state index contributed by atoms with van der Waals surface area (Å²) in [5.41, 5.74) is 0. The monoisotopic (exact) mass is 262 g/mol. The molecule has 0 atom stereocenters. The molecule has 0 bridgehead atoms. The molecule has 1 rings (SSSR count). The van der Waals surface area contributed by atoms with Crippen LogP contribution >= 0.6 is 0 Å². The first-order valence-electron chi connectivity index (χ1n) is 6.52. The molecule has 0 amide bonds. The van der Waals surface area contributed by atoms with Crippen LogP contribution in [0.3, 0.4) is 0 Å². The van der Waals surface area contributed by atoms with Crippen LogP contribution in [0.15, 0.2) is 0 Å². The average molecular weight is 262 g/mol. The van der Waals surface area contributed by atoms with Crippen molar-refractivity contribution in [2.75, 3.05) is 47.1 Å². The van der Waals surface area contributed by atoms with Crippen molar-refractivity contribution in [3.8, 4) is 0 Å². The van der Waals surface area contributed by atoms with E-state index in [0.717, 1.165) is 10.7 Å². The molecule has 1 heterocycles. The Bertz CT molecular complexity index is 218. The van der Waals surface area contributed by atoms with Crippen molar-refractivity contribution < 1.29 is 17.8 Å². The molecule has 0 aromatic heterocycles. The molecule has 0 N–H and O–H groups in total. The summed E-state index contributed by atoms with van der Waals surface area (Å²) in [6, 6.07) is 0. The fourth-order valence-electron chi connectivity index (χ4n) is 3.04. The summed E-state index contributed by atoms with van der Waals surface area (Å²) >= 11 is 0. The van der Waals surface area contributed by atoms with E-state index in [1.54, 1.807) is 21.3 Å². The lowest BCUT2D eigenvalue weighted by Gasteiger charge is -2.40. The van der Waals surface area contributed by atoms with Crippen LogP contribution in [0, 0.1) is 5.92 Å². The van der Waals surface area contributed by atoms with Crippen molar-refractivity contribution in [3.63, 3.8) is 0 Å². The van der Waals surface area contributed by atoms with Crippen molar-refractivity contribution in [2.24, 2.45) is 5.92 Å². The van der Waals surface area contributed by atoms with E-state index in [1.165, 1.54) is 32.5 Å². The predicted molar refractivity (Wildman–Crippen MR) is 70.6 cm³/mol. The van der Waals surface area contributed by atoms with Crippen molar-refractivity contribution >= 4 is 8.80 Å². The topological polar surface area (TPSA) is 27.7 Å². The van der Waals surface area contributed by atoms with Gasteiger partial charge >= 0.3 is 8.80 Å². The van der Waals surface area contributed by atoms with Gasteiger partial charge in [-0.2, -0.15) is 0 Å². The second-order valence-corrected chi connectivity index (χ2v) is 8.43. The highest BCUT2D eigenvalue weighted by Crippen LogP contribution is 2.25. The van der Waals surface area contributed by atoms with Crippen molar-refractivity contribution in [1.82, 2.24) is 0 Å². The van der Waals surface area contributed by atoms with Crippen molar-refractivity contribution in [3.05, 3.63) is 0 Å². The van der Waals surface area contributed by atoms with Crippen molar-refractivity contribution in [2.45, 2.75) is 26.7 Å². The Morgan fingerprint density at radius 1 is 1.00 bits per heavy atom. The first kappa shape index (κ1) is 15.1. The third-order valence-corrected chi connectivity index (χ3v) is 6.65. The number of quaternary nitrogens is 1. The molecule has 1 fully saturated rings. The van der Waals surface area contributed by atoms with Gasteiger partial charge in [0.2, 0.25) is 0 Å². The molecular weight excluding hydrogens is 234 g/mol. The lowest BCUT2D eigenvalue weighted by Crippen LogP contribution is -2.62. The minimum Gasteiger partial charge on any atom is -0.374 e. The zero-order valence-corrected chi connectivity index (χ0v) is 13.0. The Morgan fingerprint density at radius 3 is 1.82 bits per heavy atom. The van der Waals surface area contributed by atoms with Crippen LogP contribution in [0.2, 0.25) is 0 Å². The number of hydrogen-bond acceptors (Lipinski definition) is 3. The van der Waals surface area contributed by atoms with Gasteiger partial charge in [0.15, 0.2) is 0 Å². The minimum absolute atomic E-state index is 0.699. The summed E-state index contributed by atoms with van der Waals surface area (Å²) < 4.78 is 17.9. The lowest BCUT2D eigenvalue weighted by molar-refractivity contribution is -0.912. The molecule has 0 unspecified atom stereocenters. The van der Waals surface area contributed by atoms with Crippen molar-refractivity contribution in [1.29, 1.82) is 0 Å². The zero-order chi connectivity index (χ0) is 12.9. The SMILES string of the molecule is CO[Si](C[N+]1(CC(C)C)CCCC1)(OC)OC. The summed E-state index contributed by atoms with van der Waals surface area (Å²) in [6.07, 6.45) is 3.54. The standard InChI is InChI=1S/C12H28NO3Si/c1-12(2)10-13(8-6-7-9-13)11-17(14-3,15-4)16-5/h12H,6-11H2,1-5H3/q+1. The molecule has 1 saturated heterocycles. The van der Waals surface area contributed by atoms with Gasteiger partial charge in [0.1, 0.15) is 6.17 Å². The Kier molecular flexibility index (Phi) is 5.59. The van der Waals surface area contributed by atoms with Gasteiger partial charge in [0.25, 0.3) is 0 Å². The molecule has 0 aliphatic carbocycles. The molecule has 4 nitrogen and oxygen atoms in total. The first-order valence-corrected chi connectivity index (χ1v) is 8.45. The third-order valence-electron chi connectivity index (χ3n) is 3.73. The van der Waals surface area contributed by atoms with E-state index >= 15 is 0 Å². The van der Waals surface area contributed by atoms with Crippen LogP contribution in [-0.2, 0) is 13.3 Å². The van der Waals surface area contributed by atoms with E-state index in [1.807, 2.05) is 0 Å². The van der Waals surface area contributed by atoms with Gasteiger partial charge in [0.05, 0.1) is 19.6 Å². The Labute approximate surface area is 107 Å². The predicted octanol–water partition coefficient (Wildman–Crippen LogP) is 1.67. The van der Waals surface area contributed by atoms with E-state index in [0.29, 0.717) is 5.92 Å². The number of hydrogen-bond donors (Lipinski definition) is 0. The summed E-state index contributed by atoms with van der Waals surface area (Å²) in [7, 11) is 2.68. The Hall–Kier alpha value is 0.0569. The van der Waals surface area contributed by atoms with E-state index < -0.39 is 8.80 Å². The molecule has 17 heavy (non-hydrogen) atoms. The second kappa shape index (κ2) is 6.29. The van der Waals surface area contributed by atoms with Crippen LogP contribution in [-0.4, -0.2) is 60.4 Å². The maximum Gasteiger partial charge on any atom is 0.558 e. The van der Waals surface area contributed by atoms with Gasteiger partial charge in [-0.25, -0.2) is 0 Å². The maximum absolute atomic E-state index is 5.58. The Morgan fingerprint density at radius 2 is 1.47 bits per heavy atom. The molecule has 102 valence electrons. The average Bonchev–Trinajstić information content (AvgIpc) is 2.74. The van der Waals surface area contributed by atoms with Gasteiger partial charge in [-0.3, -0.25) is 0 Å². The number of likely N-dealkylation sites (tertiary alicyclic amines) is 1. The summed E-state index contributed by atoms with van der Waals surface area (Å²) in [5.74, 6) is 0.699. The maximum atomic E-state index is 5.58. The molecule has 0 saturated carbocycles. The lowest BCUT2D eigenvalue weighted by atomic mass is 10.2. The minimum atomic E-state index is -2.45. The zero-order valence-electron chi connectivity index (χ0n) is 12.0. The van der Waals surface area contributed by atoms with Crippen LogP contribution in [0.4, 0.5) is 0 Å². The van der Waals surface area contributed by atoms with Crippen LogP contribution in [0.1, 0.15) is 26.7 Å². The van der Waals surface area contributed by atoms with E-state index in [2.05, 4.69) is 13.8 Å². The molecule has 5 heteroatoms. The molecular formula is C12H28NO3Si+. The molecule has 0 aromatic carbocycles. The van der Waals surface area contributed by atoms with Gasteiger partial charge in [-0.1, -0.05) is 13.8 Å². The summed E-state index contributed by atoms with van der Waals surface area (Å²) in [6.45, 7) is 8.25. The molecule has 0 aromatic rings. The van der Waals surface area contributed by atoms with Gasteiger partial charge in [-0.05, 0) is 0 Å². The highest BCUT2D eigenvalue weighted by atomic mass is 28.4.